The van der Waals surface area contributed by atoms with Crippen LogP contribution in [-0.2, 0) is 0 Å². The van der Waals surface area contributed by atoms with E-state index in [1.165, 1.54) is 0 Å². The Balaban J connectivity index is 3.22. The highest BCUT2D eigenvalue weighted by Gasteiger charge is 2.29. The van der Waals surface area contributed by atoms with Crippen LogP contribution in [0.25, 0.3) is 10.8 Å². The Labute approximate surface area is 94.7 Å². The van der Waals surface area contributed by atoms with E-state index in [1.54, 1.807) is 0 Å². The molecule has 2 aromatic rings. The van der Waals surface area contributed by atoms with Gasteiger partial charge < -0.3 is 10.2 Å². The quantitative estimate of drug-likeness (QED) is 0.438. The molecule has 2 rings (SSSR count). The lowest BCUT2D eigenvalue weighted by atomic mass is 10.1. The van der Waals surface area contributed by atoms with E-state index in [2.05, 4.69) is 0 Å². The van der Waals surface area contributed by atoms with Crippen LogP contribution in [0.15, 0.2) is 0 Å². The molecule has 0 saturated carbocycles. The van der Waals surface area contributed by atoms with Crippen LogP contribution >= 0.6 is 0 Å². The first-order valence-corrected chi connectivity index (χ1v) is 4.33. The Morgan fingerprint density at radius 1 is 0.444 bits per heavy atom. The molecule has 0 amide bonds. The van der Waals surface area contributed by atoms with E-state index in [0.29, 0.717) is 0 Å². The van der Waals surface area contributed by atoms with Crippen LogP contribution in [0.4, 0.5) is 26.3 Å². The van der Waals surface area contributed by atoms with Crippen molar-refractivity contribution in [3.8, 4) is 11.5 Å². The van der Waals surface area contributed by atoms with Gasteiger partial charge >= 0.3 is 0 Å². The highest BCUT2D eigenvalue weighted by molar-refractivity contribution is 5.91. The summed E-state index contributed by atoms with van der Waals surface area (Å²) < 4.78 is 78.5. The fourth-order valence-corrected chi connectivity index (χ4v) is 1.50. The first-order chi connectivity index (χ1) is 8.29. The van der Waals surface area contributed by atoms with Crippen LogP contribution in [0, 0.1) is 34.9 Å². The molecule has 2 N–H and O–H groups in total. The van der Waals surface area contributed by atoms with Crippen LogP contribution in [0.3, 0.4) is 0 Å². The van der Waals surface area contributed by atoms with Crippen LogP contribution in [0.1, 0.15) is 0 Å². The van der Waals surface area contributed by atoms with E-state index in [0.717, 1.165) is 0 Å². The first kappa shape index (κ1) is 12.3. The maximum Gasteiger partial charge on any atom is 0.210 e. The Hall–Kier alpha value is -2.12. The summed E-state index contributed by atoms with van der Waals surface area (Å²) in [4.78, 5) is 0. The smallest absolute Gasteiger partial charge is 0.210 e. The standard InChI is InChI=1S/C10H2F6O2/c11-3-1-2(4(12)7(15)6(3)14)9(17)8(16)10(18)5(1)13/h17-18H. The molecule has 0 aromatic heterocycles. The van der Waals surface area contributed by atoms with Gasteiger partial charge in [0.1, 0.15) is 0 Å². The van der Waals surface area contributed by atoms with Crippen molar-refractivity contribution in [1.82, 2.24) is 0 Å². The summed E-state index contributed by atoms with van der Waals surface area (Å²) in [6.07, 6.45) is 0. The van der Waals surface area contributed by atoms with Crippen molar-refractivity contribution in [3.63, 3.8) is 0 Å². The summed E-state index contributed by atoms with van der Waals surface area (Å²) >= 11 is 0. The largest absolute Gasteiger partial charge is 0.504 e. The van der Waals surface area contributed by atoms with Crippen LogP contribution < -0.4 is 0 Å². The zero-order valence-corrected chi connectivity index (χ0v) is 8.16. The lowest BCUT2D eigenvalue weighted by Gasteiger charge is -2.09. The molecule has 8 heteroatoms. The van der Waals surface area contributed by atoms with Crippen molar-refractivity contribution in [2.24, 2.45) is 0 Å². The van der Waals surface area contributed by atoms with Crippen molar-refractivity contribution >= 4 is 10.8 Å². The number of phenolic OH excluding ortho intramolecular Hbond substituents is 2. The monoisotopic (exact) mass is 268 g/mol. The molecule has 0 spiro atoms. The maximum absolute atomic E-state index is 13.3. The topological polar surface area (TPSA) is 40.5 Å². The lowest BCUT2D eigenvalue weighted by molar-refractivity contribution is 0.366. The second-order valence-electron chi connectivity index (χ2n) is 3.33. The number of hydrogen-bond donors (Lipinski definition) is 2. The highest BCUT2D eigenvalue weighted by Crippen LogP contribution is 2.41. The maximum atomic E-state index is 13.3. The fourth-order valence-electron chi connectivity index (χ4n) is 1.50. The minimum atomic E-state index is -2.34. The van der Waals surface area contributed by atoms with Gasteiger partial charge in [0, 0.05) is 0 Å². The summed E-state index contributed by atoms with van der Waals surface area (Å²) in [7, 11) is 0. The number of benzene rings is 2. The molecule has 2 nitrogen and oxygen atoms in total. The molecule has 0 unspecified atom stereocenters. The Bertz CT molecular complexity index is 569. The Morgan fingerprint density at radius 3 is 1.39 bits per heavy atom. The summed E-state index contributed by atoms with van der Waals surface area (Å²) in [6, 6.07) is 0. The van der Waals surface area contributed by atoms with Crippen molar-refractivity contribution < 1.29 is 36.6 Å². The van der Waals surface area contributed by atoms with Gasteiger partial charge in [-0.25, -0.2) is 22.0 Å². The second kappa shape index (κ2) is 3.69. The average molecular weight is 268 g/mol. The number of halogens is 6. The molecule has 0 aliphatic rings. The minimum Gasteiger partial charge on any atom is -0.504 e. The van der Waals surface area contributed by atoms with Gasteiger partial charge in [-0.15, -0.1) is 0 Å². The van der Waals surface area contributed by atoms with Gasteiger partial charge in [-0.3, -0.25) is 0 Å². The van der Waals surface area contributed by atoms with Gasteiger partial charge in [0.05, 0.1) is 10.8 Å². The number of rotatable bonds is 0. The zero-order chi connectivity index (χ0) is 13.8. The predicted molar refractivity (Wildman–Crippen MR) is 47.0 cm³/mol. The Kier molecular flexibility index (Phi) is 2.53. The molecule has 0 heterocycles. The minimum absolute atomic E-state index is 1.53. The van der Waals surface area contributed by atoms with Crippen LogP contribution in [0.2, 0.25) is 0 Å². The molecule has 0 aliphatic heterocycles. The summed E-state index contributed by atoms with van der Waals surface area (Å²) in [5, 5.41) is 14.8. The van der Waals surface area contributed by atoms with Gasteiger partial charge in [-0.05, 0) is 0 Å². The van der Waals surface area contributed by atoms with Crippen LogP contribution in [-0.4, -0.2) is 10.2 Å². The van der Waals surface area contributed by atoms with Gasteiger partial charge in [-0.2, -0.15) is 4.39 Å². The van der Waals surface area contributed by atoms with E-state index in [9.17, 15) is 26.3 Å². The predicted octanol–water partition coefficient (Wildman–Crippen LogP) is 3.09. The number of hydrogen-bond acceptors (Lipinski definition) is 2. The van der Waals surface area contributed by atoms with E-state index < -0.39 is 57.2 Å². The zero-order valence-electron chi connectivity index (χ0n) is 8.16. The molecule has 0 bridgehead atoms. The average Bonchev–Trinajstić information content (AvgIpc) is 2.35. The summed E-state index contributed by atoms with van der Waals surface area (Å²) in [5.74, 6) is -16.6. The molecular formula is C10H2F6O2. The normalized spacial score (nSPS) is 11.2. The molecule has 2 aromatic carbocycles. The molecule has 0 radical (unpaired) electrons. The number of phenols is 2. The summed E-state index contributed by atoms with van der Waals surface area (Å²) in [5.41, 5.74) is 0. The van der Waals surface area contributed by atoms with Gasteiger partial charge in [0.2, 0.25) is 5.82 Å². The highest BCUT2D eigenvalue weighted by atomic mass is 19.2. The third kappa shape index (κ3) is 1.31. The van der Waals surface area contributed by atoms with Gasteiger partial charge in [0.15, 0.2) is 40.6 Å². The molecule has 0 fully saturated rings. The molecule has 96 valence electrons. The van der Waals surface area contributed by atoms with Gasteiger partial charge in [-0.1, -0.05) is 0 Å². The number of fused-ring (bicyclic) bond motifs is 1. The molecule has 0 aliphatic carbocycles. The molecule has 0 saturated heterocycles. The van der Waals surface area contributed by atoms with Crippen molar-refractivity contribution in [2.75, 3.05) is 0 Å². The summed E-state index contributed by atoms with van der Waals surface area (Å²) in [6.45, 7) is 0. The third-order valence-electron chi connectivity index (χ3n) is 2.35. The third-order valence-corrected chi connectivity index (χ3v) is 2.35. The Morgan fingerprint density at radius 2 is 0.889 bits per heavy atom. The fraction of sp³-hybridized carbons (Fsp3) is 0. The lowest BCUT2D eigenvalue weighted by Crippen LogP contribution is -2.01. The first-order valence-electron chi connectivity index (χ1n) is 4.33. The van der Waals surface area contributed by atoms with Gasteiger partial charge in [0.25, 0.3) is 0 Å². The molecule has 0 atom stereocenters. The van der Waals surface area contributed by atoms with Crippen LogP contribution in [0.5, 0.6) is 11.5 Å². The van der Waals surface area contributed by atoms with E-state index in [1.807, 2.05) is 0 Å². The number of aromatic hydroxyl groups is 2. The van der Waals surface area contributed by atoms with Crippen molar-refractivity contribution in [2.45, 2.75) is 0 Å². The molecular weight excluding hydrogens is 266 g/mol. The van der Waals surface area contributed by atoms with Crippen molar-refractivity contribution in [3.05, 3.63) is 34.9 Å². The molecule has 18 heavy (non-hydrogen) atoms. The van der Waals surface area contributed by atoms with E-state index in [4.69, 9.17) is 10.2 Å². The van der Waals surface area contributed by atoms with Crippen molar-refractivity contribution in [1.29, 1.82) is 0 Å². The SMILES string of the molecule is Oc1c(F)c(O)c2c(F)c(F)c(F)c(F)c2c1F. The van der Waals surface area contributed by atoms with E-state index in [-0.39, 0.29) is 0 Å². The van der Waals surface area contributed by atoms with E-state index >= 15 is 0 Å². The second-order valence-corrected chi connectivity index (χ2v) is 3.33.